The molecule has 66 heavy (non-hydrogen) atoms. The van der Waals surface area contributed by atoms with Crippen molar-refractivity contribution in [1.29, 1.82) is 0 Å². The van der Waals surface area contributed by atoms with Gasteiger partial charge in [0.05, 0.1) is 25.9 Å². The minimum atomic E-state index is -1.73. The van der Waals surface area contributed by atoms with Crippen molar-refractivity contribution in [3.8, 4) is 5.75 Å². The lowest BCUT2D eigenvalue weighted by molar-refractivity contribution is -0.143. The highest BCUT2D eigenvalue weighted by atomic mass is 32.1. The van der Waals surface area contributed by atoms with Crippen LogP contribution in [0.3, 0.4) is 0 Å². The molecule has 0 aliphatic carbocycles. The third kappa shape index (κ3) is 17.3. The predicted molar refractivity (Wildman–Crippen MR) is 239 cm³/mol. The SMILES string of the molecule is CC[C@H](C)[C@H](NC(=O)[C@H](CO)NC(=O)[C@H](Cc1ccc(O)cc1)NC(=O)[C@H](CO)NC(=O)[C@@H]1CCCN1C(=O)[C@H](C)N)C(=O)N[C@@H](CCCCN)C(=O)N[C@@H](CS)C(=O)N[C@@H](CO)C(=O)O. The number of hydrogen-bond acceptors (Lipinski definition) is 16. The Hall–Kier alpha value is -5.60. The molecule has 0 saturated carbocycles. The number of thiol groups is 1. The van der Waals surface area contributed by atoms with Gasteiger partial charge in [-0.05, 0) is 69.2 Å². The molecule has 1 fully saturated rings. The smallest absolute Gasteiger partial charge is 0.328 e. The van der Waals surface area contributed by atoms with E-state index in [2.05, 4.69) is 49.8 Å². The molecule has 1 heterocycles. The molecule has 8 amide bonds. The lowest BCUT2D eigenvalue weighted by atomic mass is 9.97. The average molecular weight is 955 g/mol. The maximum Gasteiger partial charge on any atom is 0.328 e. The zero-order valence-electron chi connectivity index (χ0n) is 37.2. The molecule has 1 aliphatic rings. The minimum Gasteiger partial charge on any atom is -0.508 e. The Bertz CT molecular complexity index is 1830. The highest BCUT2D eigenvalue weighted by molar-refractivity contribution is 7.80. The molecule has 1 saturated heterocycles. The van der Waals surface area contributed by atoms with E-state index in [0.29, 0.717) is 31.2 Å². The van der Waals surface area contributed by atoms with Crippen molar-refractivity contribution in [3.05, 3.63) is 29.8 Å². The first-order valence-electron chi connectivity index (χ1n) is 21.6. The van der Waals surface area contributed by atoms with E-state index in [1.807, 2.05) is 0 Å². The molecule has 1 aliphatic heterocycles. The van der Waals surface area contributed by atoms with Gasteiger partial charge in [0.1, 0.15) is 54.1 Å². The number of carboxylic acid groups (broad SMARTS) is 1. The number of aromatic hydroxyl groups is 1. The summed E-state index contributed by atoms with van der Waals surface area (Å²) in [6.07, 6.45) is 1.59. The molecule has 1 aromatic carbocycles. The van der Waals surface area contributed by atoms with Crippen molar-refractivity contribution in [3.63, 3.8) is 0 Å². The van der Waals surface area contributed by atoms with Crippen molar-refractivity contribution in [1.82, 2.24) is 42.1 Å². The van der Waals surface area contributed by atoms with Crippen LogP contribution in [0.1, 0.15) is 64.9 Å². The van der Waals surface area contributed by atoms with Gasteiger partial charge in [0, 0.05) is 18.7 Å². The van der Waals surface area contributed by atoms with Crippen LogP contribution in [0.25, 0.3) is 0 Å². The number of hydrogen-bond donors (Lipinski definition) is 15. The molecule has 10 atom stereocenters. The molecule has 1 aromatic rings. The molecule has 0 radical (unpaired) electrons. The number of carbonyl (C=O) groups excluding carboxylic acids is 8. The second-order valence-electron chi connectivity index (χ2n) is 15.9. The van der Waals surface area contributed by atoms with Gasteiger partial charge in [-0.15, -0.1) is 0 Å². The molecule has 24 nitrogen and oxygen atoms in total. The summed E-state index contributed by atoms with van der Waals surface area (Å²) >= 11 is 4.07. The molecule has 0 unspecified atom stereocenters. The number of nitrogens with one attached hydrogen (secondary N) is 7. The van der Waals surface area contributed by atoms with Crippen LogP contribution in [0.15, 0.2) is 24.3 Å². The summed E-state index contributed by atoms with van der Waals surface area (Å²) in [6, 6.07) is -6.92. The van der Waals surface area contributed by atoms with E-state index in [-0.39, 0.29) is 43.9 Å². The number of phenolic OH excluding ortho intramolecular Hbond substituents is 1. The van der Waals surface area contributed by atoms with Gasteiger partial charge in [-0.3, -0.25) is 38.4 Å². The van der Waals surface area contributed by atoms with Gasteiger partial charge in [0.15, 0.2) is 0 Å². The molecular weight excluding hydrogens is 889 g/mol. The Balaban J connectivity index is 2.31. The fourth-order valence-electron chi connectivity index (χ4n) is 6.75. The van der Waals surface area contributed by atoms with E-state index in [0.717, 1.165) is 0 Å². The van der Waals surface area contributed by atoms with E-state index >= 15 is 0 Å². The Morgan fingerprint density at radius 1 is 0.712 bits per heavy atom. The molecule has 370 valence electrons. The number of likely N-dealkylation sites (tertiary alicyclic amines) is 1. The molecule has 16 N–H and O–H groups in total. The van der Waals surface area contributed by atoms with Gasteiger partial charge in [-0.25, -0.2) is 4.79 Å². The predicted octanol–water partition coefficient (Wildman–Crippen LogP) is -5.17. The van der Waals surface area contributed by atoms with Crippen LogP contribution in [0, 0.1) is 5.92 Å². The van der Waals surface area contributed by atoms with E-state index in [1.165, 1.54) is 36.1 Å². The summed E-state index contributed by atoms with van der Waals surface area (Å²) in [5.41, 5.74) is 11.8. The van der Waals surface area contributed by atoms with Gasteiger partial charge in [0.2, 0.25) is 47.3 Å². The third-order valence-electron chi connectivity index (χ3n) is 10.9. The average Bonchev–Trinajstić information content (AvgIpc) is 3.79. The highest BCUT2D eigenvalue weighted by Crippen LogP contribution is 2.19. The topological polar surface area (TPSA) is 394 Å². The quantitative estimate of drug-likeness (QED) is 0.0276. The first kappa shape index (κ1) is 56.5. The molecule has 0 aromatic heterocycles. The van der Waals surface area contributed by atoms with Gasteiger partial charge >= 0.3 is 5.97 Å². The van der Waals surface area contributed by atoms with Crippen LogP contribution in [0.2, 0.25) is 0 Å². The van der Waals surface area contributed by atoms with Crippen molar-refractivity contribution in [2.24, 2.45) is 17.4 Å². The van der Waals surface area contributed by atoms with E-state index in [9.17, 15) is 68.7 Å². The van der Waals surface area contributed by atoms with Gasteiger partial charge in [-0.2, -0.15) is 12.6 Å². The number of carboxylic acids is 1. The monoisotopic (exact) mass is 954 g/mol. The third-order valence-corrected chi connectivity index (χ3v) is 11.2. The molecule has 0 bridgehead atoms. The largest absolute Gasteiger partial charge is 0.508 e. The van der Waals surface area contributed by atoms with Crippen LogP contribution in [-0.2, 0) is 49.6 Å². The first-order valence-corrected chi connectivity index (χ1v) is 22.2. The standard InChI is InChI=1S/C41H66N10O14S/c1-4-21(2)32(39(62)44-25(8-5-6-14-42)33(56)49-30(20-66)37(60)48-29(19-54)41(64)65)50-36(59)28(18-53)46-34(57)26(16-23-10-12-24(55)13-11-23)45-35(58)27(17-52)47-38(61)31-9-7-15-51(31)40(63)22(3)43/h10-13,21-22,25-32,52-55,66H,4-9,14-20,42-43H2,1-3H3,(H,44,62)(H,45,58)(H,46,57)(H,47,61)(H,48,60)(H,49,56)(H,50,59)(H,64,65)/t21-,22-,25-,26-,27-,28-,29-,30-,31-,32-/m0/s1. The van der Waals surface area contributed by atoms with Gasteiger partial charge in [0.25, 0.3) is 0 Å². The second kappa shape index (κ2) is 28.4. The van der Waals surface area contributed by atoms with Crippen LogP contribution < -0.4 is 48.7 Å². The fraction of sp³-hybridized carbons (Fsp3) is 0.634. The van der Waals surface area contributed by atoms with Crippen molar-refractivity contribution < 1.29 is 68.7 Å². The summed E-state index contributed by atoms with van der Waals surface area (Å²) in [5.74, 6) is -9.53. The van der Waals surface area contributed by atoms with Crippen LogP contribution >= 0.6 is 12.6 Å². The summed E-state index contributed by atoms with van der Waals surface area (Å²) in [7, 11) is 0. The molecule has 25 heteroatoms. The number of carbonyl (C=O) groups is 9. The number of nitrogens with two attached hydrogens (primary N) is 2. The molecule has 2 rings (SSSR count). The fourth-order valence-corrected chi connectivity index (χ4v) is 7.00. The van der Waals surface area contributed by atoms with Crippen LogP contribution in [0.5, 0.6) is 5.75 Å². The summed E-state index contributed by atoms with van der Waals surface area (Å²) < 4.78 is 0. The number of amides is 8. The lowest BCUT2D eigenvalue weighted by Crippen LogP contribution is -2.62. The number of nitrogens with zero attached hydrogens (tertiary/aromatic N) is 1. The Morgan fingerprint density at radius 2 is 1.21 bits per heavy atom. The van der Waals surface area contributed by atoms with Gasteiger partial charge < -0.3 is 79.1 Å². The summed E-state index contributed by atoms with van der Waals surface area (Å²) in [6.45, 7) is 2.44. The van der Waals surface area contributed by atoms with Crippen molar-refractivity contribution in [2.45, 2.75) is 120 Å². The van der Waals surface area contributed by atoms with Crippen LogP contribution in [-0.4, -0.2) is 177 Å². The van der Waals surface area contributed by atoms with E-state index in [1.54, 1.807) is 13.8 Å². The van der Waals surface area contributed by atoms with Gasteiger partial charge in [-0.1, -0.05) is 32.4 Å². The normalized spacial score (nSPS) is 17.5. The Morgan fingerprint density at radius 3 is 1.76 bits per heavy atom. The Kier molecular flexibility index (Phi) is 24.4. The van der Waals surface area contributed by atoms with E-state index in [4.69, 9.17) is 11.5 Å². The summed E-state index contributed by atoms with van der Waals surface area (Å²) in [5, 5.41) is 65.6. The Labute approximate surface area is 387 Å². The second-order valence-corrected chi connectivity index (χ2v) is 16.3. The first-order chi connectivity index (χ1) is 31.3. The number of rotatable bonds is 28. The van der Waals surface area contributed by atoms with Crippen LogP contribution in [0.4, 0.5) is 0 Å². The van der Waals surface area contributed by atoms with Crippen molar-refractivity contribution in [2.75, 3.05) is 38.7 Å². The lowest BCUT2D eigenvalue weighted by Gasteiger charge is -2.29. The number of phenols is 1. The minimum absolute atomic E-state index is 0.0157. The zero-order valence-corrected chi connectivity index (χ0v) is 38.1. The summed E-state index contributed by atoms with van der Waals surface area (Å²) in [4.78, 5) is 120. The number of aliphatic hydroxyl groups is 3. The van der Waals surface area contributed by atoms with Crippen molar-refractivity contribution >= 4 is 65.9 Å². The number of unbranched alkanes of at least 4 members (excludes halogenated alkanes) is 1. The number of aliphatic carboxylic acids is 1. The molecule has 0 spiro atoms. The zero-order chi connectivity index (χ0) is 49.7. The molecular formula is C41H66N10O14S. The highest BCUT2D eigenvalue weighted by Gasteiger charge is 2.38. The maximum atomic E-state index is 13.9. The maximum absolute atomic E-state index is 13.9. The van der Waals surface area contributed by atoms with E-state index < -0.39 is 133 Å². The number of aliphatic hydroxyl groups excluding tert-OH is 3. The number of benzene rings is 1.